The summed E-state index contributed by atoms with van der Waals surface area (Å²) >= 11 is 0. The standard InChI is InChI=1S/C11H21F3.C10H19F3.C10H22.C9H17F3.C9H20.2C8H13F3.4C8H15F3.2C7H13F3/c1-8(2,3)9(4,5)10(6,7)11(12,13)14;1-7(8(2,3)4)9(5,6)10(11,12)13;1-8(2)10(6,7)9(3,4)5;1-6(2)8(4,5)7(3)9(10,11)12;1-7(2)8(3)9(4,5)6;1-6-2-4-7(5-3-6)8(9,10)11;1-6-3-2-4-7(5-6)8(9,10)11;2*1-6(2,3)7(4,5)8(9,10)11;2*1-5(2)6(3)7(4)8(9,10)11;1-4-6(2,3)5-7(8,9)10;1-4-5(2)6(3)7(8,9)10/h1-7H3;7H,1-6H3;8H,1-7H3;6-7H,1-5H3;7-8H,1-6H3;2*6-7H,2-5H2,1H3;2*1-5H3;2*5-7H,1-4H3;4-5H2,1-3H3;5-6H,4H2,1-3H3/t;7-;;;8-;;6-,7?;;;2*6-,7?;;5?,6-/m.1..1.1..11.1/s1. The summed E-state index contributed by atoms with van der Waals surface area (Å²) in [5.41, 5.74) is -9.50. The maximum Gasteiger partial charge on any atom is 0.394 e. The van der Waals surface area contributed by atoms with E-state index in [-0.39, 0.29) is 52.3 Å². The van der Waals surface area contributed by atoms with Gasteiger partial charge in [0.1, 0.15) is 0 Å². The van der Waals surface area contributed by atoms with Gasteiger partial charge in [0, 0.05) is 6.42 Å². The minimum Gasteiger partial charge on any atom is -0.171 e. The van der Waals surface area contributed by atoms with Gasteiger partial charge in [-0.1, -0.05) is 433 Å². The molecule has 0 aromatic heterocycles. The van der Waals surface area contributed by atoms with E-state index in [0.717, 1.165) is 43.4 Å². The first-order valence-electron chi connectivity index (χ1n) is 51.2. The van der Waals surface area contributed by atoms with E-state index in [1.54, 1.807) is 125 Å². The Kier molecular flexibility index (Phi) is 69.2. The largest absolute Gasteiger partial charge is 0.394 e. The van der Waals surface area contributed by atoms with Crippen molar-refractivity contribution in [3.63, 3.8) is 0 Å². The quantitative estimate of drug-likeness (QED) is 0.152. The molecule has 0 bridgehead atoms. The summed E-state index contributed by atoms with van der Waals surface area (Å²) in [5.74, 6) is -4.74. The Morgan fingerprint density at radius 3 is 0.632 bits per heavy atom. The minimum absolute atomic E-state index is 0.0362. The van der Waals surface area contributed by atoms with Crippen LogP contribution in [0.25, 0.3) is 0 Å². The highest BCUT2D eigenvalue weighted by molar-refractivity contribution is 4.99. The average molecular weight is 2170 g/mol. The van der Waals surface area contributed by atoms with Crippen LogP contribution in [0.5, 0.6) is 0 Å². The van der Waals surface area contributed by atoms with Crippen molar-refractivity contribution in [2.45, 2.75) is 533 Å². The number of halogens is 33. The van der Waals surface area contributed by atoms with Crippen molar-refractivity contribution in [2.75, 3.05) is 0 Å². The van der Waals surface area contributed by atoms with Crippen LogP contribution in [0.1, 0.15) is 465 Å². The first-order valence-corrected chi connectivity index (χ1v) is 51.2. The maximum absolute atomic E-state index is 12.9. The minimum atomic E-state index is -4.16. The van der Waals surface area contributed by atoms with Crippen molar-refractivity contribution in [2.24, 2.45) is 182 Å². The summed E-state index contributed by atoms with van der Waals surface area (Å²) < 4.78 is 403. The zero-order valence-corrected chi connectivity index (χ0v) is 100. The van der Waals surface area contributed by atoms with Gasteiger partial charge in [-0.05, 0) is 151 Å². The Morgan fingerprint density at radius 2 is 0.535 bits per heavy atom. The molecule has 144 heavy (non-hydrogen) atoms. The molecular weight excluding hydrogens is 1960 g/mol. The fourth-order valence-corrected chi connectivity index (χ4v) is 12.7. The molecule has 0 aromatic carbocycles. The third-order valence-electron chi connectivity index (χ3n) is 34.5. The van der Waals surface area contributed by atoms with E-state index in [2.05, 4.69) is 90.0 Å². The highest BCUT2D eigenvalue weighted by Crippen LogP contribution is 2.59. The SMILES string of the molecule is CC(C)(C)C(C)(C)C(C)(C)C(F)(F)F.CC(C)(C)C(C)(C)C(F)(F)F.CC(C)(C)C(C)(C)C(F)(F)F.CC(C)C(C)(C)C(C)(C)C.CC(C)C(C)(C)C(C)C(F)(F)F.CC(C)[C@@H](C)C(C)(C)C.CC(C)[C@@H](C)C(C)C(F)(F)F.CC(C)[C@@H](C)C(C)C(F)(F)F.CC1CCC(C(F)(F)F)CC1.CCC(C)(C)CC(F)(F)F.CCC(C)[C@@H](C)C(F)(F)F.C[C@@H]1CCCC(C(F)(F)F)C1.C[C@H](C(C)(C)C)C(C)(C)C(F)(F)F. The number of rotatable bonds is 14. The number of alkyl halides is 33. The van der Waals surface area contributed by atoms with Crippen LogP contribution in [0.2, 0.25) is 0 Å². The molecule has 2 aliphatic carbocycles. The van der Waals surface area contributed by atoms with Crippen molar-refractivity contribution in [1.82, 2.24) is 0 Å². The molecule has 0 radical (unpaired) electrons. The summed E-state index contributed by atoms with van der Waals surface area (Å²) in [4.78, 5) is 0. The van der Waals surface area contributed by atoms with E-state index < -0.39 is 165 Å². The third-order valence-corrected chi connectivity index (χ3v) is 34.5. The lowest BCUT2D eigenvalue weighted by Crippen LogP contribution is -2.51. The molecule has 11 atom stereocenters. The molecule has 2 fully saturated rings. The highest BCUT2D eigenvalue weighted by Gasteiger charge is 2.61. The fraction of sp³-hybridized carbons (Fsp3) is 1.00. The highest BCUT2D eigenvalue weighted by atomic mass is 19.5. The van der Waals surface area contributed by atoms with Crippen molar-refractivity contribution in [3.8, 4) is 0 Å². The Balaban J connectivity index is -0.000000148. The van der Waals surface area contributed by atoms with Crippen molar-refractivity contribution >= 4 is 0 Å². The van der Waals surface area contributed by atoms with Crippen LogP contribution < -0.4 is 0 Å². The molecule has 0 aliphatic heterocycles. The lowest BCUT2D eigenvalue weighted by Gasteiger charge is -2.51. The zero-order chi connectivity index (χ0) is 121. The van der Waals surface area contributed by atoms with E-state index >= 15 is 0 Å². The van der Waals surface area contributed by atoms with Crippen LogP contribution in [-0.4, -0.2) is 67.9 Å². The Bertz CT molecular complexity index is 3090. The zero-order valence-electron chi connectivity index (χ0n) is 100. The molecule has 0 aromatic rings. The van der Waals surface area contributed by atoms with E-state index in [4.69, 9.17) is 0 Å². The topological polar surface area (TPSA) is 0 Å². The van der Waals surface area contributed by atoms with Crippen LogP contribution in [0.4, 0.5) is 145 Å². The normalized spacial score (nSPS) is 19.1. The van der Waals surface area contributed by atoms with Gasteiger partial charge in [0.25, 0.3) is 0 Å². The summed E-state index contributed by atoms with van der Waals surface area (Å²) in [6.07, 6.45) is -39.6. The summed E-state index contributed by atoms with van der Waals surface area (Å²) in [6.45, 7) is 100. The fourth-order valence-electron chi connectivity index (χ4n) is 12.7. The lowest BCUT2D eigenvalue weighted by molar-refractivity contribution is -0.263. The molecule has 0 saturated heterocycles. The van der Waals surface area contributed by atoms with Crippen molar-refractivity contribution < 1.29 is 145 Å². The lowest BCUT2D eigenvalue weighted by atomic mass is 9.55. The molecule has 0 N–H and O–H groups in total. The second-order valence-corrected chi connectivity index (χ2v) is 53.7. The molecule has 2 saturated carbocycles. The Labute approximate surface area is 856 Å². The van der Waals surface area contributed by atoms with Gasteiger partial charge in [-0.15, -0.1) is 0 Å². The molecule has 0 spiro atoms. The monoisotopic (exact) mass is 2170 g/mol. The van der Waals surface area contributed by atoms with Gasteiger partial charge in [0.15, 0.2) is 0 Å². The Hall–Kier alpha value is -2.31. The first kappa shape index (κ1) is 164. The second-order valence-electron chi connectivity index (χ2n) is 53.7. The third kappa shape index (κ3) is 63.5. The molecule has 0 heterocycles. The van der Waals surface area contributed by atoms with Gasteiger partial charge in [-0.25, -0.2) is 0 Å². The molecule has 0 nitrogen and oxygen atoms in total. The van der Waals surface area contributed by atoms with Gasteiger partial charge in [-0.3, -0.25) is 0 Å². The predicted octanol–water partition coefficient (Wildman–Crippen LogP) is 47.4. The molecule has 33 heteroatoms. The van der Waals surface area contributed by atoms with Crippen molar-refractivity contribution in [1.29, 1.82) is 0 Å². The molecule has 5 unspecified atom stereocenters. The van der Waals surface area contributed by atoms with Gasteiger partial charge in [0.2, 0.25) is 0 Å². The molecule has 2 rings (SSSR count). The van der Waals surface area contributed by atoms with E-state index in [9.17, 15) is 145 Å². The second kappa shape index (κ2) is 60.7. The molecule has 886 valence electrons. The van der Waals surface area contributed by atoms with Crippen LogP contribution in [0.3, 0.4) is 0 Å². The van der Waals surface area contributed by atoms with E-state index in [1.165, 1.54) is 83.1 Å². The van der Waals surface area contributed by atoms with E-state index in [0.29, 0.717) is 60.7 Å². The molecular formula is C111H211F33. The van der Waals surface area contributed by atoms with Crippen LogP contribution in [-0.2, 0) is 0 Å². The summed E-state index contributed by atoms with van der Waals surface area (Å²) in [6, 6.07) is 0. The number of hydrogen-bond acceptors (Lipinski definition) is 0. The van der Waals surface area contributed by atoms with Gasteiger partial charge in [0.05, 0.1) is 57.2 Å². The maximum atomic E-state index is 12.9. The van der Waals surface area contributed by atoms with Crippen LogP contribution in [0, 0.1) is 182 Å². The first-order chi connectivity index (χ1) is 61.5. The van der Waals surface area contributed by atoms with Crippen molar-refractivity contribution in [3.05, 3.63) is 0 Å². The predicted molar refractivity (Wildman–Crippen MR) is 538 cm³/mol. The van der Waals surface area contributed by atoms with Gasteiger partial charge >= 0.3 is 67.9 Å². The average Bonchev–Trinajstić information content (AvgIpc) is 0.744. The number of hydrogen-bond donors (Lipinski definition) is 0. The molecule has 0 amide bonds. The summed E-state index contributed by atoms with van der Waals surface area (Å²) in [7, 11) is 0. The van der Waals surface area contributed by atoms with Gasteiger partial charge < -0.3 is 0 Å². The van der Waals surface area contributed by atoms with Crippen LogP contribution >= 0.6 is 0 Å². The smallest absolute Gasteiger partial charge is 0.171 e. The Morgan fingerprint density at radius 1 is 0.250 bits per heavy atom. The van der Waals surface area contributed by atoms with Crippen LogP contribution in [0.15, 0.2) is 0 Å². The van der Waals surface area contributed by atoms with E-state index in [1.807, 2.05) is 96.9 Å². The summed E-state index contributed by atoms with van der Waals surface area (Å²) in [5, 5.41) is 0. The van der Waals surface area contributed by atoms with Gasteiger partial charge in [-0.2, -0.15) is 145 Å². The molecule has 2 aliphatic rings.